The first-order chi connectivity index (χ1) is 11.1. The lowest BCUT2D eigenvalue weighted by Gasteiger charge is -2.06. The standard InChI is InChI=1S/C16H14ClN5O/c1-11-7-8-13(9-14(11)17)18-15(23)10-22-20-16(19-21-22)12-5-3-2-4-6-12/h2-9H,10H2,1H3,(H,18,23). The van der Waals surface area contributed by atoms with Crippen LogP contribution in [0.5, 0.6) is 0 Å². The molecule has 1 heterocycles. The van der Waals surface area contributed by atoms with E-state index in [0.29, 0.717) is 16.5 Å². The lowest BCUT2D eigenvalue weighted by molar-refractivity contribution is -0.117. The molecular weight excluding hydrogens is 314 g/mol. The summed E-state index contributed by atoms with van der Waals surface area (Å²) in [5, 5.41) is 15.4. The minimum absolute atomic E-state index is 0.0225. The summed E-state index contributed by atoms with van der Waals surface area (Å²) in [5.74, 6) is 0.235. The van der Waals surface area contributed by atoms with E-state index in [1.165, 1.54) is 4.80 Å². The molecule has 6 nitrogen and oxygen atoms in total. The number of halogens is 1. The van der Waals surface area contributed by atoms with E-state index in [0.717, 1.165) is 11.1 Å². The van der Waals surface area contributed by atoms with Gasteiger partial charge in [-0.05, 0) is 29.8 Å². The van der Waals surface area contributed by atoms with Gasteiger partial charge < -0.3 is 5.32 Å². The van der Waals surface area contributed by atoms with Crippen molar-refractivity contribution in [1.29, 1.82) is 0 Å². The highest BCUT2D eigenvalue weighted by Crippen LogP contribution is 2.20. The van der Waals surface area contributed by atoms with Crippen LogP contribution in [0.1, 0.15) is 5.56 Å². The Balaban J connectivity index is 1.66. The normalized spacial score (nSPS) is 10.5. The summed E-state index contributed by atoms with van der Waals surface area (Å²) in [7, 11) is 0. The fourth-order valence-corrected chi connectivity index (χ4v) is 2.19. The predicted octanol–water partition coefficient (Wildman–Crippen LogP) is 2.94. The van der Waals surface area contributed by atoms with E-state index in [1.807, 2.05) is 43.3 Å². The molecule has 0 unspecified atom stereocenters. The zero-order valence-corrected chi connectivity index (χ0v) is 13.2. The van der Waals surface area contributed by atoms with Gasteiger partial charge in [0.25, 0.3) is 0 Å². The van der Waals surface area contributed by atoms with Gasteiger partial charge in [-0.25, -0.2) is 0 Å². The molecule has 23 heavy (non-hydrogen) atoms. The minimum atomic E-state index is -0.248. The zero-order chi connectivity index (χ0) is 16.2. The van der Waals surface area contributed by atoms with Gasteiger partial charge in [0.05, 0.1) is 0 Å². The maximum atomic E-state index is 12.0. The first-order valence-electron chi connectivity index (χ1n) is 7.01. The molecular formula is C16H14ClN5O. The molecule has 0 aliphatic heterocycles. The Morgan fingerprint density at radius 3 is 2.74 bits per heavy atom. The van der Waals surface area contributed by atoms with E-state index in [9.17, 15) is 4.79 Å². The molecule has 0 saturated heterocycles. The molecule has 2 aromatic carbocycles. The number of aryl methyl sites for hydroxylation is 1. The quantitative estimate of drug-likeness (QED) is 0.799. The lowest BCUT2D eigenvalue weighted by Crippen LogP contribution is -2.20. The molecule has 0 spiro atoms. The van der Waals surface area contributed by atoms with Crippen molar-refractivity contribution < 1.29 is 4.79 Å². The summed E-state index contributed by atoms with van der Waals surface area (Å²) in [5.41, 5.74) is 2.44. The van der Waals surface area contributed by atoms with Crippen LogP contribution in [-0.4, -0.2) is 26.1 Å². The van der Waals surface area contributed by atoms with Crippen molar-refractivity contribution in [3.05, 3.63) is 59.1 Å². The average molecular weight is 328 g/mol. The van der Waals surface area contributed by atoms with Gasteiger partial charge in [-0.1, -0.05) is 48.0 Å². The Morgan fingerprint density at radius 1 is 1.22 bits per heavy atom. The zero-order valence-electron chi connectivity index (χ0n) is 12.4. The first kappa shape index (κ1) is 15.2. The Labute approximate surface area is 138 Å². The second-order valence-corrected chi connectivity index (χ2v) is 5.43. The minimum Gasteiger partial charge on any atom is -0.324 e. The highest BCUT2D eigenvalue weighted by molar-refractivity contribution is 6.31. The van der Waals surface area contributed by atoms with Crippen molar-refractivity contribution in [1.82, 2.24) is 20.2 Å². The van der Waals surface area contributed by atoms with E-state index < -0.39 is 0 Å². The number of rotatable bonds is 4. The number of carbonyl (C=O) groups excluding carboxylic acids is 1. The van der Waals surface area contributed by atoms with E-state index in [-0.39, 0.29) is 12.5 Å². The molecule has 1 aromatic heterocycles. The molecule has 0 bridgehead atoms. The number of tetrazole rings is 1. The second kappa shape index (κ2) is 6.58. The fraction of sp³-hybridized carbons (Fsp3) is 0.125. The number of aromatic nitrogens is 4. The van der Waals surface area contributed by atoms with E-state index in [1.54, 1.807) is 12.1 Å². The van der Waals surface area contributed by atoms with Crippen LogP contribution in [0.15, 0.2) is 48.5 Å². The van der Waals surface area contributed by atoms with Gasteiger partial charge in [0.2, 0.25) is 11.7 Å². The average Bonchev–Trinajstić information content (AvgIpc) is 3.00. The third-order valence-corrected chi connectivity index (χ3v) is 3.63. The molecule has 3 rings (SSSR count). The number of amides is 1. The number of nitrogens with one attached hydrogen (secondary N) is 1. The molecule has 0 aliphatic carbocycles. The largest absolute Gasteiger partial charge is 0.324 e. The van der Waals surface area contributed by atoms with E-state index in [4.69, 9.17) is 11.6 Å². The highest BCUT2D eigenvalue weighted by atomic mass is 35.5. The summed E-state index contributed by atoms with van der Waals surface area (Å²) in [6.45, 7) is 1.88. The SMILES string of the molecule is Cc1ccc(NC(=O)Cn2nnc(-c3ccccc3)n2)cc1Cl. The van der Waals surface area contributed by atoms with Crippen LogP contribution < -0.4 is 5.32 Å². The smallest absolute Gasteiger partial charge is 0.248 e. The number of anilines is 1. The molecule has 3 aromatic rings. The van der Waals surface area contributed by atoms with Crippen molar-refractivity contribution in [3.63, 3.8) is 0 Å². The van der Waals surface area contributed by atoms with Crippen LogP contribution in [0.4, 0.5) is 5.69 Å². The van der Waals surface area contributed by atoms with Gasteiger partial charge in [0.1, 0.15) is 6.54 Å². The predicted molar refractivity (Wildman–Crippen MR) is 88.1 cm³/mol. The summed E-state index contributed by atoms with van der Waals surface area (Å²) in [6.07, 6.45) is 0. The van der Waals surface area contributed by atoms with Gasteiger partial charge >= 0.3 is 0 Å². The van der Waals surface area contributed by atoms with Crippen LogP contribution in [-0.2, 0) is 11.3 Å². The van der Waals surface area contributed by atoms with Crippen LogP contribution in [0, 0.1) is 6.92 Å². The fourth-order valence-electron chi connectivity index (χ4n) is 2.01. The maximum Gasteiger partial charge on any atom is 0.248 e. The van der Waals surface area contributed by atoms with Gasteiger partial charge in [-0.2, -0.15) is 4.80 Å². The van der Waals surface area contributed by atoms with Gasteiger partial charge in [0, 0.05) is 16.3 Å². The number of benzene rings is 2. The number of hydrogen-bond donors (Lipinski definition) is 1. The molecule has 0 saturated carbocycles. The summed E-state index contributed by atoms with van der Waals surface area (Å²) < 4.78 is 0. The van der Waals surface area contributed by atoms with Crippen molar-refractivity contribution in [2.45, 2.75) is 13.5 Å². The molecule has 7 heteroatoms. The van der Waals surface area contributed by atoms with Gasteiger partial charge in [0.15, 0.2) is 0 Å². The van der Waals surface area contributed by atoms with Gasteiger partial charge in [-0.15, -0.1) is 10.2 Å². The Kier molecular flexibility index (Phi) is 4.34. The number of carbonyl (C=O) groups is 1. The Bertz CT molecular complexity index is 831. The molecule has 116 valence electrons. The Hall–Kier alpha value is -2.73. The van der Waals surface area contributed by atoms with Crippen LogP contribution in [0.3, 0.4) is 0 Å². The van der Waals surface area contributed by atoms with Crippen molar-refractivity contribution >= 4 is 23.2 Å². The van der Waals surface area contributed by atoms with Crippen LogP contribution in [0.2, 0.25) is 5.02 Å². The van der Waals surface area contributed by atoms with Crippen LogP contribution >= 0.6 is 11.6 Å². The number of hydrogen-bond acceptors (Lipinski definition) is 4. The third kappa shape index (κ3) is 3.73. The van der Waals surface area contributed by atoms with Crippen LogP contribution in [0.25, 0.3) is 11.4 Å². The summed E-state index contributed by atoms with van der Waals surface area (Å²) >= 11 is 6.04. The first-order valence-corrected chi connectivity index (χ1v) is 7.39. The molecule has 0 fully saturated rings. The second-order valence-electron chi connectivity index (χ2n) is 5.02. The van der Waals surface area contributed by atoms with Gasteiger partial charge in [-0.3, -0.25) is 4.79 Å². The molecule has 0 atom stereocenters. The summed E-state index contributed by atoms with van der Waals surface area (Å²) in [6, 6.07) is 14.8. The molecule has 0 radical (unpaired) electrons. The van der Waals surface area contributed by atoms with Crippen molar-refractivity contribution in [2.24, 2.45) is 0 Å². The monoisotopic (exact) mass is 327 g/mol. The van der Waals surface area contributed by atoms with E-state index in [2.05, 4.69) is 20.7 Å². The Morgan fingerprint density at radius 2 is 2.00 bits per heavy atom. The highest BCUT2D eigenvalue weighted by Gasteiger charge is 2.09. The molecule has 1 N–H and O–H groups in total. The van der Waals surface area contributed by atoms with E-state index >= 15 is 0 Å². The third-order valence-electron chi connectivity index (χ3n) is 3.23. The lowest BCUT2D eigenvalue weighted by atomic mass is 10.2. The topological polar surface area (TPSA) is 72.7 Å². The maximum absolute atomic E-state index is 12.0. The summed E-state index contributed by atoms with van der Waals surface area (Å²) in [4.78, 5) is 13.3. The van der Waals surface area contributed by atoms with Crippen molar-refractivity contribution in [2.75, 3.05) is 5.32 Å². The molecule has 0 aliphatic rings. The molecule has 1 amide bonds. The number of nitrogens with zero attached hydrogens (tertiary/aromatic N) is 4. The van der Waals surface area contributed by atoms with Crippen molar-refractivity contribution in [3.8, 4) is 11.4 Å².